The van der Waals surface area contributed by atoms with Crippen LogP contribution in [0.15, 0.2) is 35.9 Å². The smallest absolute Gasteiger partial charge is 0.223 e. The highest BCUT2D eigenvalue weighted by atomic mass is 16.5. The van der Waals surface area contributed by atoms with Crippen molar-refractivity contribution >= 4 is 5.91 Å². The van der Waals surface area contributed by atoms with Crippen LogP contribution in [0.25, 0.3) is 0 Å². The Bertz CT molecular complexity index is 772. The van der Waals surface area contributed by atoms with E-state index < -0.39 is 0 Å². The lowest BCUT2D eigenvalue weighted by Crippen LogP contribution is -2.60. The second-order valence-electron chi connectivity index (χ2n) is 9.44. The Morgan fingerprint density at radius 2 is 2.00 bits per heavy atom. The first-order valence-corrected chi connectivity index (χ1v) is 11.6. The molecule has 0 N–H and O–H groups in total. The predicted molar refractivity (Wildman–Crippen MR) is 115 cm³/mol. The van der Waals surface area contributed by atoms with Crippen LogP contribution in [0.2, 0.25) is 0 Å². The number of aryl methyl sites for hydroxylation is 1. The number of likely N-dealkylation sites (tertiary alicyclic amines) is 1. The van der Waals surface area contributed by atoms with Gasteiger partial charge in [-0.1, -0.05) is 30.2 Å². The molecule has 3 fully saturated rings. The Hall–Kier alpha value is -1.81. The lowest BCUT2D eigenvalue weighted by atomic mass is 9.68. The van der Waals surface area contributed by atoms with Gasteiger partial charge in [0.25, 0.3) is 0 Å². The Balaban J connectivity index is 1.29. The highest BCUT2D eigenvalue weighted by Gasteiger charge is 2.46. The maximum absolute atomic E-state index is 13.3. The van der Waals surface area contributed by atoms with Gasteiger partial charge in [0.05, 0.1) is 13.2 Å². The molecule has 0 unspecified atom stereocenters. The highest BCUT2D eigenvalue weighted by Crippen LogP contribution is 2.45. The molecule has 1 aromatic rings. The Morgan fingerprint density at radius 3 is 2.83 bits per heavy atom. The third-order valence-electron chi connectivity index (χ3n) is 7.76. The van der Waals surface area contributed by atoms with Crippen LogP contribution in [0.3, 0.4) is 0 Å². The summed E-state index contributed by atoms with van der Waals surface area (Å²) in [5, 5.41) is 0. The summed E-state index contributed by atoms with van der Waals surface area (Å²) in [6.45, 7) is 3.40. The number of hydrogen-bond acceptors (Lipinski definition) is 3. The van der Waals surface area contributed by atoms with E-state index in [2.05, 4.69) is 28.0 Å². The molecule has 2 bridgehead atoms. The summed E-state index contributed by atoms with van der Waals surface area (Å²) in [5.74, 6) is 2.58. The van der Waals surface area contributed by atoms with E-state index in [0.717, 1.165) is 37.1 Å². The largest absolute Gasteiger partial charge is 0.497 e. The molecule has 3 heterocycles. The lowest BCUT2D eigenvalue weighted by Gasteiger charge is -2.54. The van der Waals surface area contributed by atoms with Crippen molar-refractivity contribution in [1.29, 1.82) is 0 Å². The molecule has 29 heavy (non-hydrogen) atoms. The van der Waals surface area contributed by atoms with Crippen LogP contribution in [-0.4, -0.2) is 54.5 Å². The normalized spacial score (nSPS) is 31.5. The molecule has 4 aliphatic rings. The quantitative estimate of drug-likeness (QED) is 0.723. The summed E-state index contributed by atoms with van der Waals surface area (Å²) in [6.07, 6.45) is 11.8. The summed E-state index contributed by atoms with van der Waals surface area (Å²) in [5.41, 5.74) is 2.80. The molecule has 1 aliphatic carbocycles. The van der Waals surface area contributed by atoms with Crippen molar-refractivity contribution in [2.75, 3.05) is 26.7 Å². The number of fused-ring (bicyclic) bond motifs is 6. The van der Waals surface area contributed by atoms with Crippen LogP contribution < -0.4 is 4.74 Å². The summed E-state index contributed by atoms with van der Waals surface area (Å²) in [7, 11) is 1.69. The minimum absolute atomic E-state index is 0.343. The maximum atomic E-state index is 13.3. The first kappa shape index (κ1) is 19.2. The summed E-state index contributed by atoms with van der Waals surface area (Å²) < 4.78 is 5.24. The van der Waals surface area contributed by atoms with Crippen molar-refractivity contribution in [3.05, 3.63) is 41.5 Å². The topological polar surface area (TPSA) is 32.8 Å². The Kier molecular flexibility index (Phi) is 5.38. The van der Waals surface area contributed by atoms with E-state index in [0.29, 0.717) is 24.3 Å². The fourth-order valence-corrected chi connectivity index (χ4v) is 6.44. The summed E-state index contributed by atoms with van der Waals surface area (Å²) in [6, 6.07) is 9.27. The van der Waals surface area contributed by atoms with Crippen molar-refractivity contribution in [2.24, 2.45) is 11.8 Å². The van der Waals surface area contributed by atoms with Gasteiger partial charge < -0.3 is 9.64 Å². The van der Waals surface area contributed by atoms with Crippen LogP contribution in [0.5, 0.6) is 5.75 Å². The number of methoxy groups -OCH3 is 1. The van der Waals surface area contributed by atoms with Gasteiger partial charge in [-0.05, 0) is 74.6 Å². The fraction of sp³-hybridized carbons (Fsp3) is 0.640. The number of rotatable bonds is 4. The molecule has 4 heteroatoms. The van der Waals surface area contributed by atoms with Crippen LogP contribution in [0.1, 0.15) is 50.5 Å². The second kappa shape index (κ2) is 8.14. The third kappa shape index (κ3) is 3.72. The summed E-state index contributed by atoms with van der Waals surface area (Å²) in [4.78, 5) is 18.3. The van der Waals surface area contributed by atoms with E-state index in [9.17, 15) is 4.79 Å². The molecule has 0 saturated carbocycles. The molecule has 3 aliphatic heterocycles. The zero-order valence-electron chi connectivity index (χ0n) is 17.7. The molecular formula is C25H34N2O2. The van der Waals surface area contributed by atoms with Gasteiger partial charge in [-0.2, -0.15) is 0 Å². The SMILES string of the molecule is COc1ccc(CCC(=O)N2CCCC3=C[C@H]4C[C@@H](CN5CCCC[C@H]45)[C@@H]32)cc1. The molecule has 156 valence electrons. The molecule has 1 amide bonds. The molecule has 4 nitrogen and oxygen atoms in total. The number of amides is 1. The fourth-order valence-electron chi connectivity index (χ4n) is 6.44. The molecule has 0 aromatic heterocycles. The van der Waals surface area contributed by atoms with Gasteiger partial charge in [0.2, 0.25) is 5.91 Å². The minimum Gasteiger partial charge on any atom is -0.497 e. The van der Waals surface area contributed by atoms with Gasteiger partial charge >= 0.3 is 0 Å². The van der Waals surface area contributed by atoms with Gasteiger partial charge in [-0.3, -0.25) is 9.69 Å². The van der Waals surface area contributed by atoms with Gasteiger partial charge in [-0.25, -0.2) is 0 Å². The zero-order valence-corrected chi connectivity index (χ0v) is 17.7. The van der Waals surface area contributed by atoms with E-state index in [1.807, 2.05) is 12.1 Å². The number of nitrogens with zero attached hydrogens (tertiary/aromatic N) is 2. The number of piperidine rings is 3. The maximum Gasteiger partial charge on any atom is 0.223 e. The molecule has 1 aromatic carbocycles. The molecular weight excluding hydrogens is 360 g/mol. The van der Waals surface area contributed by atoms with Crippen molar-refractivity contribution in [2.45, 2.75) is 63.5 Å². The van der Waals surface area contributed by atoms with E-state index in [1.54, 1.807) is 12.7 Å². The number of hydrogen-bond donors (Lipinski definition) is 0. The zero-order chi connectivity index (χ0) is 19.8. The van der Waals surface area contributed by atoms with Crippen LogP contribution in [0, 0.1) is 11.8 Å². The van der Waals surface area contributed by atoms with Gasteiger partial charge in [-0.15, -0.1) is 0 Å². The molecule has 3 saturated heterocycles. The Morgan fingerprint density at radius 1 is 1.14 bits per heavy atom. The van der Waals surface area contributed by atoms with Crippen molar-refractivity contribution < 1.29 is 9.53 Å². The number of benzene rings is 1. The van der Waals surface area contributed by atoms with E-state index in [-0.39, 0.29) is 0 Å². The standard InChI is InChI=1S/C25H34N2O2/c1-29-22-10-7-18(8-11-22)9-12-24(28)27-14-4-5-19-15-20-16-21(25(19)27)17-26-13-3-2-6-23(20)26/h7-8,10-11,15,20-21,23,25H,2-6,9,12-14,16-17H2,1H3/t20-,21-,23+,25+/m0/s1. The monoisotopic (exact) mass is 394 g/mol. The van der Waals surface area contributed by atoms with Crippen molar-refractivity contribution in [3.8, 4) is 5.75 Å². The van der Waals surface area contributed by atoms with E-state index >= 15 is 0 Å². The second-order valence-corrected chi connectivity index (χ2v) is 9.44. The van der Waals surface area contributed by atoms with Crippen LogP contribution in [0.4, 0.5) is 0 Å². The summed E-state index contributed by atoms with van der Waals surface area (Å²) >= 11 is 0. The minimum atomic E-state index is 0.343. The third-order valence-corrected chi connectivity index (χ3v) is 7.76. The first-order valence-electron chi connectivity index (χ1n) is 11.6. The lowest BCUT2D eigenvalue weighted by molar-refractivity contribution is -0.136. The molecule has 4 atom stereocenters. The average molecular weight is 395 g/mol. The first-order chi connectivity index (χ1) is 14.2. The average Bonchev–Trinajstić information content (AvgIpc) is 2.77. The highest BCUT2D eigenvalue weighted by molar-refractivity contribution is 5.77. The Labute approximate surface area is 174 Å². The van der Waals surface area contributed by atoms with Crippen molar-refractivity contribution in [1.82, 2.24) is 9.80 Å². The van der Waals surface area contributed by atoms with E-state index in [1.165, 1.54) is 50.8 Å². The van der Waals surface area contributed by atoms with E-state index in [4.69, 9.17) is 4.74 Å². The molecule has 5 rings (SSSR count). The predicted octanol–water partition coefficient (Wildman–Crippen LogP) is 4.05. The number of carbonyl (C=O) groups excluding carboxylic acids is 1. The molecule has 0 radical (unpaired) electrons. The van der Waals surface area contributed by atoms with Crippen molar-refractivity contribution in [3.63, 3.8) is 0 Å². The van der Waals surface area contributed by atoms with Crippen LogP contribution in [-0.2, 0) is 11.2 Å². The van der Waals surface area contributed by atoms with Gasteiger partial charge in [0, 0.05) is 25.6 Å². The van der Waals surface area contributed by atoms with Gasteiger partial charge in [0.15, 0.2) is 0 Å². The molecule has 0 spiro atoms. The van der Waals surface area contributed by atoms with Crippen LogP contribution >= 0.6 is 0 Å². The van der Waals surface area contributed by atoms with Gasteiger partial charge in [0.1, 0.15) is 5.75 Å². The number of carbonyl (C=O) groups is 1. The number of ether oxygens (including phenoxy) is 1.